The molecule has 0 bridgehead atoms. The lowest BCUT2D eigenvalue weighted by Crippen LogP contribution is -2.18. The molecule has 0 radical (unpaired) electrons. The van der Waals surface area contributed by atoms with Crippen molar-refractivity contribution >= 4 is 46.2 Å². The van der Waals surface area contributed by atoms with Crippen LogP contribution in [0.2, 0.25) is 0 Å². The fourth-order valence-corrected chi connectivity index (χ4v) is 8.49. The third kappa shape index (κ3) is 13.8. The molecule has 0 N–H and O–H groups in total. The van der Waals surface area contributed by atoms with Crippen LogP contribution in [0.15, 0.2) is 36.4 Å². The third-order valence-corrected chi connectivity index (χ3v) is 12.0. The maximum absolute atomic E-state index is 13.7. The number of hydrogen-bond acceptors (Lipinski definition) is 12. The Bertz CT molecular complexity index is 2290. The number of carbonyl (C=O) groups is 4. The van der Waals surface area contributed by atoms with Crippen LogP contribution in [0.1, 0.15) is 167 Å². The number of hydrogen-bond donors (Lipinski definition) is 0. The minimum absolute atomic E-state index is 0.0885. The van der Waals surface area contributed by atoms with Crippen LogP contribution in [0.5, 0.6) is 23.0 Å². The van der Waals surface area contributed by atoms with Crippen LogP contribution < -0.4 is 18.9 Å². The van der Waals surface area contributed by atoms with Crippen molar-refractivity contribution in [3.05, 3.63) is 68.4 Å². The summed E-state index contributed by atoms with van der Waals surface area (Å²) in [4.78, 5) is 54.8. The lowest BCUT2D eigenvalue weighted by Gasteiger charge is -2.23. The first kappa shape index (κ1) is 51.5. The zero-order chi connectivity index (χ0) is 47.3. The van der Waals surface area contributed by atoms with Gasteiger partial charge in [0.15, 0.2) is 23.0 Å². The van der Waals surface area contributed by atoms with E-state index in [4.69, 9.17) is 37.9 Å². The van der Waals surface area contributed by atoms with Gasteiger partial charge in [-0.05, 0) is 50.7 Å². The normalized spacial score (nSPS) is 11.4. The molecule has 0 heterocycles. The Labute approximate surface area is 389 Å². The van der Waals surface area contributed by atoms with Gasteiger partial charge < -0.3 is 37.9 Å². The number of carbonyl (C=O) groups excluding carboxylic acids is 4. The van der Waals surface area contributed by atoms with Crippen molar-refractivity contribution in [2.45, 2.75) is 170 Å². The molecule has 5 rings (SSSR count). The largest absolute Gasteiger partial charge is 0.513 e. The Morgan fingerprint density at radius 3 is 0.894 bits per heavy atom. The minimum atomic E-state index is -0.930. The maximum Gasteiger partial charge on any atom is 0.513 e. The predicted octanol–water partition coefficient (Wildman–Crippen LogP) is 15.4. The molecule has 1 aliphatic carbocycles. The van der Waals surface area contributed by atoms with Crippen molar-refractivity contribution in [3.63, 3.8) is 0 Å². The van der Waals surface area contributed by atoms with E-state index in [1.807, 2.05) is 26.0 Å². The lowest BCUT2D eigenvalue weighted by atomic mass is 9.89. The van der Waals surface area contributed by atoms with Crippen molar-refractivity contribution in [3.8, 4) is 23.0 Å². The summed E-state index contributed by atoms with van der Waals surface area (Å²) in [6.45, 7) is 12.9. The van der Waals surface area contributed by atoms with E-state index in [-0.39, 0.29) is 70.3 Å². The summed E-state index contributed by atoms with van der Waals surface area (Å²) in [7, 11) is 0. The number of benzene rings is 4. The lowest BCUT2D eigenvalue weighted by molar-refractivity contribution is 0.0941. The monoisotopic (exact) mass is 913 g/mol. The molecule has 0 saturated carbocycles. The second-order valence-electron chi connectivity index (χ2n) is 17.3. The first-order chi connectivity index (χ1) is 32.2. The molecule has 0 atom stereocenters. The average molecular weight is 913 g/mol. The Morgan fingerprint density at radius 2 is 0.606 bits per heavy atom. The number of aryl methyl sites for hydroxylation is 2. The number of ether oxygens (including phenoxy) is 8. The molecule has 12 nitrogen and oxygen atoms in total. The molecule has 0 unspecified atom stereocenters. The molecule has 4 aromatic rings. The average Bonchev–Trinajstić information content (AvgIpc) is 3.28. The molecule has 0 fully saturated rings. The van der Waals surface area contributed by atoms with Gasteiger partial charge in [-0.3, -0.25) is 0 Å². The van der Waals surface area contributed by atoms with Crippen LogP contribution in [0.3, 0.4) is 0 Å². The van der Waals surface area contributed by atoms with Crippen LogP contribution in [0, 0.1) is 34.7 Å². The van der Waals surface area contributed by atoms with Crippen molar-refractivity contribution in [1.82, 2.24) is 0 Å². The molecule has 0 spiro atoms. The highest BCUT2D eigenvalue weighted by Gasteiger charge is 2.32. The summed E-state index contributed by atoms with van der Waals surface area (Å²) in [6.07, 6.45) is 15.4. The first-order valence-electron chi connectivity index (χ1n) is 24.7. The van der Waals surface area contributed by atoms with Gasteiger partial charge in [-0.15, -0.1) is 0 Å². The quantitative estimate of drug-likeness (QED) is 0.0204. The van der Waals surface area contributed by atoms with Gasteiger partial charge in [-0.2, -0.15) is 0 Å². The van der Waals surface area contributed by atoms with Gasteiger partial charge in [-0.1, -0.05) is 167 Å². The summed E-state index contributed by atoms with van der Waals surface area (Å²) in [5.74, 6) is 0.373. The molecule has 0 saturated heterocycles. The molecule has 1 aliphatic rings. The van der Waals surface area contributed by atoms with Gasteiger partial charge in [0.25, 0.3) is 0 Å². The van der Waals surface area contributed by atoms with Crippen molar-refractivity contribution in [2.24, 2.45) is 0 Å². The topological polar surface area (TPSA) is 142 Å². The van der Waals surface area contributed by atoms with Gasteiger partial charge in [0.1, 0.15) is 0 Å². The maximum atomic E-state index is 13.7. The van der Waals surface area contributed by atoms with E-state index in [1.54, 1.807) is 24.3 Å². The molecule has 0 aliphatic heterocycles. The van der Waals surface area contributed by atoms with Crippen LogP contribution in [0.25, 0.3) is 21.5 Å². The molecule has 12 heteroatoms. The second kappa shape index (κ2) is 27.2. The molecular formula is C54H72O12. The van der Waals surface area contributed by atoms with Crippen LogP contribution in [0.4, 0.5) is 19.2 Å². The van der Waals surface area contributed by atoms with E-state index in [0.717, 1.165) is 103 Å². The SMILES string of the molecule is CCCCCCCOC(=O)Oc1c2c(c(OC(=O)OCCCCCCC)c3c(C)cccc13)=c1c(OC(=O)OCCCCCCC)c3c(C)cccc3c(OC(=O)OCCCCCCC)c1=2. The van der Waals surface area contributed by atoms with E-state index < -0.39 is 24.6 Å². The fraction of sp³-hybridized carbons (Fsp3) is 0.556. The Kier molecular flexibility index (Phi) is 21.2. The Morgan fingerprint density at radius 1 is 0.348 bits per heavy atom. The van der Waals surface area contributed by atoms with E-state index in [2.05, 4.69) is 27.7 Å². The van der Waals surface area contributed by atoms with E-state index >= 15 is 0 Å². The zero-order valence-corrected chi connectivity index (χ0v) is 40.3. The van der Waals surface area contributed by atoms with E-state index in [9.17, 15) is 19.2 Å². The standard InChI is InChI=1S/C54H72O12/c1-7-11-15-19-23-33-59-51(55)63-47-39-31-27-29-37(5)41(39)49(65-53(57)61-35-25-21-17-13-9-3)45-43(47)44-46(45)50(66-54(58)62-36-26-22-18-14-10-4)42-38(6)30-28-32-40(42)48(44)64-52(56)60-34-24-20-16-12-8-2/h27-32H,7-26,33-36H2,1-6H3. The van der Waals surface area contributed by atoms with Gasteiger partial charge in [0, 0.05) is 42.4 Å². The molecule has 66 heavy (non-hydrogen) atoms. The van der Waals surface area contributed by atoms with Gasteiger partial charge in [0.05, 0.1) is 26.4 Å². The summed E-state index contributed by atoms with van der Waals surface area (Å²) in [5, 5.41) is 2.91. The molecule has 4 aromatic carbocycles. The Hall–Kier alpha value is -5.52. The molecular weight excluding hydrogens is 841 g/mol. The molecule has 0 amide bonds. The summed E-state index contributed by atoms with van der Waals surface area (Å²) in [6, 6.07) is 10.8. The summed E-state index contributed by atoms with van der Waals surface area (Å²) >= 11 is 0. The second-order valence-corrected chi connectivity index (χ2v) is 17.3. The number of fused-ring (bicyclic) bond motifs is 4. The zero-order valence-electron chi connectivity index (χ0n) is 40.3. The van der Waals surface area contributed by atoms with Crippen LogP contribution >= 0.6 is 0 Å². The highest BCUT2D eigenvalue weighted by Crippen LogP contribution is 2.48. The van der Waals surface area contributed by atoms with E-state index in [1.165, 1.54) is 0 Å². The van der Waals surface area contributed by atoms with Crippen LogP contribution in [-0.4, -0.2) is 51.0 Å². The molecule has 0 aromatic heterocycles. The predicted molar refractivity (Wildman–Crippen MR) is 256 cm³/mol. The van der Waals surface area contributed by atoms with E-state index in [0.29, 0.717) is 58.4 Å². The van der Waals surface area contributed by atoms with Gasteiger partial charge in [0.2, 0.25) is 0 Å². The Balaban J connectivity index is 1.74. The van der Waals surface area contributed by atoms with Crippen molar-refractivity contribution in [2.75, 3.05) is 26.4 Å². The van der Waals surface area contributed by atoms with Crippen molar-refractivity contribution < 1.29 is 57.1 Å². The molecule has 360 valence electrons. The fourth-order valence-electron chi connectivity index (χ4n) is 8.49. The minimum Gasteiger partial charge on any atom is -0.434 e. The van der Waals surface area contributed by atoms with Crippen LogP contribution in [-0.2, 0) is 18.9 Å². The smallest absolute Gasteiger partial charge is 0.434 e. The summed E-state index contributed by atoms with van der Waals surface area (Å²) < 4.78 is 47.4. The number of rotatable bonds is 28. The van der Waals surface area contributed by atoms with Gasteiger partial charge >= 0.3 is 24.6 Å². The van der Waals surface area contributed by atoms with Crippen molar-refractivity contribution in [1.29, 1.82) is 0 Å². The highest BCUT2D eigenvalue weighted by atomic mass is 16.7. The number of unbranched alkanes of at least 4 members (excludes halogenated alkanes) is 16. The first-order valence-corrected chi connectivity index (χ1v) is 24.7. The van der Waals surface area contributed by atoms with Gasteiger partial charge in [-0.25, -0.2) is 19.2 Å². The summed E-state index contributed by atoms with van der Waals surface area (Å²) in [5.41, 5.74) is 1.39. The third-order valence-electron chi connectivity index (χ3n) is 12.0. The highest BCUT2D eigenvalue weighted by molar-refractivity contribution is 6.02.